The third-order valence-electron chi connectivity index (χ3n) is 4.21. The van der Waals surface area contributed by atoms with Crippen LogP contribution in [0.3, 0.4) is 0 Å². The monoisotopic (exact) mass is 303 g/mol. The van der Waals surface area contributed by atoms with E-state index in [0.29, 0.717) is 5.56 Å². The normalized spacial score (nSPS) is 16.3. The smallest absolute Gasteiger partial charge is 0.138 e. The van der Waals surface area contributed by atoms with Crippen LogP contribution in [0.4, 0.5) is 17.1 Å². The molecule has 0 bridgehead atoms. The van der Waals surface area contributed by atoms with Gasteiger partial charge in [0.2, 0.25) is 0 Å². The molecule has 5 nitrogen and oxygen atoms in total. The van der Waals surface area contributed by atoms with Gasteiger partial charge in [0.15, 0.2) is 0 Å². The van der Waals surface area contributed by atoms with Crippen LogP contribution in [0.5, 0.6) is 0 Å². The molecule has 0 aliphatic carbocycles. The minimum Gasteiger partial charge on any atom is -0.353 e. The Balaban J connectivity index is 1.88. The van der Waals surface area contributed by atoms with Crippen LogP contribution in [0.2, 0.25) is 0 Å². The maximum Gasteiger partial charge on any atom is 0.138 e. The molecule has 114 valence electrons. The number of rotatable bonds is 0. The van der Waals surface area contributed by atoms with Gasteiger partial charge in [-0.3, -0.25) is 0 Å². The van der Waals surface area contributed by atoms with Crippen LogP contribution in [-0.4, -0.2) is 36.9 Å². The lowest BCUT2D eigenvalue weighted by Crippen LogP contribution is -2.46. The zero-order valence-electron chi connectivity index (χ0n) is 12.7. The fourth-order valence-corrected chi connectivity index (χ4v) is 3.02. The number of hydrogen-bond acceptors (Lipinski definition) is 5. The van der Waals surface area contributed by atoms with E-state index >= 15 is 0 Å². The minimum absolute atomic E-state index is 0.625. The maximum absolute atomic E-state index is 9.16. The molecule has 0 spiro atoms. The van der Waals surface area contributed by atoms with Gasteiger partial charge in [0.25, 0.3) is 0 Å². The molecule has 23 heavy (non-hydrogen) atoms. The van der Waals surface area contributed by atoms with Gasteiger partial charge in [0.1, 0.15) is 5.84 Å². The van der Waals surface area contributed by atoms with Crippen LogP contribution in [0.1, 0.15) is 11.1 Å². The zero-order valence-corrected chi connectivity index (χ0v) is 12.7. The molecule has 0 atom stereocenters. The second kappa shape index (κ2) is 5.75. The third-order valence-corrected chi connectivity index (χ3v) is 4.21. The second-order valence-electron chi connectivity index (χ2n) is 5.69. The molecule has 1 fully saturated rings. The van der Waals surface area contributed by atoms with Crippen LogP contribution < -0.4 is 10.6 Å². The molecule has 0 aromatic heterocycles. The number of nitrogens with one attached hydrogen (secondary N) is 2. The Morgan fingerprint density at radius 1 is 1.04 bits per heavy atom. The highest BCUT2D eigenvalue weighted by molar-refractivity contribution is 6.07. The number of amidine groups is 1. The molecule has 0 amide bonds. The number of nitriles is 1. The first-order chi connectivity index (χ1) is 11.3. The van der Waals surface area contributed by atoms with Crippen molar-refractivity contribution in [1.82, 2.24) is 10.2 Å². The van der Waals surface area contributed by atoms with Crippen molar-refractivity contribution in [1.29, 1.82) is 5.26 Å². The first-order valence-electron chi connectivity index (χ1n) is 7.80. The lowest BCUT2D eigenvalue weighted by molar-refractivity contribution is 0.358. The summed E-state index contributed by atoms with van der Waals surface area (Å²) in [5, 5.41) is 16.0. The van der Waals surface area contributed by atoms with E-state index in [1.165, 1.54) is 0 Å². The molecule has 2 aromatic carbocycles. The molecule has 2 aliphatic heterocycles. The third kappa shape index (κ3) is 2.54. The summed E-state index contributed by atoms with van der Waals surface area (Å²) < 4.78 is 0. The van der Waals surface area contributed by atoms with Crippen molar-refractivity contribution in [3.8, 4) is 6.07 Å². The van der Waals surface area contributed by atoms with Crippen molar-refractivity contribution in [2.24, 2.45) is 4.99 Å². The topological polar surface area (TPSA) is 63.5 Å². The average molecular weight is 303 g/mol. The molecular weight excluding hydrogens is 286 g/mol. The number of anilines is 2. The standard InChI is InChI=1S/C18H17N5/c19-12-13-5-6-16-17(11-13)22-18(23-9-7-20-8-10-23)14-3-1-2-4-15(14)21-16/h1-6,11,20-21H,7-10H2. The van der Waals surface area contributed by atoms with Gasteiger partial charge in [0, 0.05) is 37.4 Å². The number of benzene rings is 2. The maximum atomic E-state index is 9.16. The summed E-state index contributed by atoms with van der Waals surface area (Å²) in [5.41, 5.74) is 4.52. The Kier molecular flexibility index (Phi) is 3.45. The molecule has 1 saturated heterocycles. The molecule has 2 heterocycles. The molecule has 0 unspecified atom stereocenters. The van der Waals surface area contributed by atoms with Crippen LogP contribution in [-0.2, 0) is 0 Å². The Bertz CT molecular complexity index is 812. The summed E-state index contributed by atoms with van der Waals surface area (Å²) in [6, 6.07) is 16.0. The van der Waals surface area contributed by atoms with E-state index in [1.54, 1.807) is 0 Å². The quantitative estimate of drug-likeness (QED) is 0.785. The molecule has 0 saturated carbocycles. The van der Waals surface area contributed by atoms with Crippen LogP contribution in [0.15, 0.2) is 47.5 Å². The van der Waals surface area contributed by atoms with Crippen molar-refractivity contribution in [3.63, 3.8) is 0 Å². The largest absolute Gasteiger partial charge is 0.353 e. The molecule has 2 aromatic rings. The molecule has 4 rings (SSSR count). The molecular formula is C18H17N5. The summed E-state index contributed by atoms with van der Waals surface area (Å²) in [6.07, 6.45) is 0. The number of para-hydroxylation sites is 1. The Morgan fingerprint density at radius 3 is 2.70 bits per heavy atom. The Hall–Kier alpha value is -2.84. The van der Waals surface area contributed by atoms with Crippen molar-refractivity contribution in [3.05, 3.63) is 53.6 Å². The van der Waals surface area contributed by atoms with Gasteiger partial charge in [-0.1, -0.05) is 12.1 Å². The van der Waals surface area contributed by atoms with Gasteiger partial charge in [-0.15, -0.1) is 0 Å². The van der Waals surface area contributed by atoms with E-state index in [4.69, 9.17) is 10.3 Å². The number of piperazine rings is 1. The molecule has 2 aliphatic rings. The fourth-order valence-electron chi connectivity index (χ4n) is 3.02. The molecule has 5 heteroatoms. The van der Waals surface area contributed by atoms with E-state index < -0.39 is 0 Å². The second-order valence-corrected chi connectivity index (χ2v) is 5.69. The van der Waals surface area contributed by atoms with Crippen LogP contribution in [0.25, 0.3) is 0 Å². The van der Waals surface area contributed by atoms with Crippen molar-refractivity contribution in [2.75, 3.05) is 31.5 Å². The fraction of sp³-hybridized carbons (Fsp3) is 0.222. The highest BCUT2D eigenvalue weighted by Crippen LogP contribution is 2.35. The van der Waals surface area contributed by atoms with Gasteiger partial charge in [-0.2, -0.15) is 5.26 Å². The average Bonchev–Trinajstić information content (AvgIpc) is 2.78. The minimum atomic E-state index is 0.625. The highest BCUT2D eigenvalue weighted by atomic mass is 15.2. The summed E-state index contributed by atoms with van der Waals surface area (Å²) in [6.45, 7) is 3.78. The predicted molar refractivity (Wildman–Crippen MR) is 91.5 cm³/mol. The summed E-state index contributed by atoms with van der Waals surface area (Å²) in [5.74, 6) is 0.975. The van der Waals surface area contributed by atoms with E-state index in [0.717, 1.165) is 54.6 Å². The first kappa shape index (κ1) is 13.8. The van der Waals surface area contributed by atoms with Gasteiger partial charge < -0.3 is 15.5 Å². The van der Waals surface area contributed by atoms with Gasteiger partial charge >= 0.3 is 0 Å². The Labute approximate surface area is 135 Å². The zero-order chi connectivity index (χ0) is 15.6. The van der Waals surface area contributed by atoms with Gasteiger partial charge in [-0.25, -0.2) is 4.99 Å². The van der Waals surface area contributed by atoms with Crippen molar-refractivity contribution < 1.29 is 0 Å². The van der Waals surface area contributed by atoms with Crippen molar-refractivity contribution >= 4 is 22.9 Å². The Morgan fingerprint density at radius 2 is 1.87 bits per heavy atom. The SMILES string of the molecule is N#Cc1ccc2c(c1)N=C(N1CCNCC1)c1ccccc1N2. The van der Waals surface area contributed by atoms with E-state index in [-0.39, 0.29) is 0 Å². The summed E-state index contributed by atoms with van der Waals surface area (Å²) in [7, 11) is 0. The predicted octanol–water partition coefficient (Wildman–Crippen LogP) is 2.60. The molecule has 2 N–H and O–H groups in total. The highest BCUT2D eigenvalue weighted by Gasteiger charge is 2.22. The summed E-state index contributed by atoms with van der Waals surface area (Å²) in [4.78, 5) is 7.22. The number of fused-ring (bicyclic) bond motifs is 2. The summed E-state index contributed by atoms with van der Waals surface area (Å²) >= 11 is 0. The number of hydrogen-bond donors (Lipinski definition) is 2. The van der Waals surface area contributed by atoms with Crippen LogP contribution in [0, 0.1) is 11.3 Å². The lowest BCUT2D eigenvalue weighted by atomic mass is 10.1. The van der Waals surface area contributed by atoms with Gasteiger partial charge in [-0.05, 0) is 30.3 Å². The van der Waals surface area contributed by atoms with Crippen LogP contribution >= 0.6 is 0 Å². The van der Waals surface area contributed by atoms with E-state index in [2.05, 4.69) is 33.7 Å². The lowest BCUT2D eigenvalue weighted by Gasteiger charge is -2.30. The van der Waals surface area contributed by atoms with E-state index in [1.807, 2.05) is 30.3 Å². The first-order valence-corrected chi connectivity index (χ1v) is 7.80. The van der Waals surface area contributed by atoms with Crippen molar-refractivity contribution in [2.45, 2.75) is 0 Å². The number of aliphatic imine (C=N–C) groups is 1. The number of nitrogens with zero attached hydrogens (tertiary/aromatic N) is 3. The van der Waals surface area contributed by atoms with Gasteiger partial charge in [0.05, 0.1) is 23.0 Å². The van der Waals surface area contributed by atoms with E-state index in [9.17, 15) is 0 Å². The molecule has 0 radical (unpaired) electrons.